The van der Waals surface area contributed by atoms with Crippen molar-refractivity contribution in [3.05, 3.63) is 0 Å². The quantitative estimate of drug-likeness (QED) is 0.751. The number of ether oxygens (including phenoxy) is 2. The maximum atomic E-state index is 9.84. The van der Waals surface area contributed by atoms with Gasteiger partial charge in [-0.05, 0) is 26.7 Å². The van der Waals surface area contributed by atoms with E-state index in [0.717, 1.165) is 13.1 Å². The van der Waals surface area contributed by atoms with E-state index < -0.39 is 0 Å². The molecule has 2 aliphatic heterocycles. The molecule has 0 spiro atoms. The van der Waals surface area contributed by atoms with E-state index in [-0.39, 0.29) is 12.2 Å². The van der Waals surface area contributed by atoms with Crippen LogP contribution in [0.25, 0.3) is 0 Å². The molecular formula is C12H23NO3. The molecule has 4 nitrogen and oxygen atoms in total. The Morgan fingerprint density at radius 3 is 2.50 bits per heavy atom. The van der Waals surface area contributed by atoms with E-state index in [1.54, 1.807) is 0 Å². The van der Waals surface area contributed by atoms with Crippen LogP contribution in [0.4, 0.5) is 0 Å². The topological polar surface area (TPSA) is 41.9 Å². The van der Waals surface area contributed by atoms with Gasteiger partial charge in [0, 0.05) is 19.6 Å². The average molecular weight is 229 g/mol. The number of aliphatic hydroxyl groups is 1. The minimum atomic E-state index is -0.375. The number of β-amino-alcohol motifs (C(OH)–C–C–N with tert-alkyl or cyclic N) is 1. The normalized spacial score (nSPS) is 32.2. The molecule has 4 heteroatoms. The van der Waals surface area contributed by atoms with Gasteiger partial charge in [-0.2, -0.15) is 0 Å². The second-order valence-electron chi connectivity index (χ2n) is 5.21. The molecule has 3 atom stereocenters. The zero-order valence-electron chi connectivity index (χ0n) is 10.3. The molecule has 0 saturated carbocycles. The van der Waals surface area contributed by atoms with Crippen LogP contribution >= 0.6 is 0 Å². The van der Waals surface area contributed by atoms with Crippen molar-refractivity contribution < 1.29 is 14.6 Å². The predicted octanol–water partition coefficient (Wildman–Crippen LogP) is 0.635. The largest absolute Gasteiger partial charge is 0.389 e. The number of nitrogens with zero attached hydrogens (tertiary/aromatic N) is 1. The molecule has 0 aliphatic carbocycles. The predicted molar refractivity (Wildman–Crippen MR) is 61.4 cm³/mol. The first-order chi connectivity index (χ1) is 7.63. The first-order valence-corrected chi connectivity index (χ1v) is 6.31. The lowest BCUT2D eigenvalue weighted by Gasteiger charge is -2.33. The Morgan fingerprint density at radius 2 is 1.94 bits per heavy atom. The molecule has 2 rings (SSSR count). The summed E-state index contributed by atoms with van der Waals surface area (Å²) in [5, 5.41) is 9.84. The van der Waals surface area contributed by atoms with E-state index in [1.165, 1.54) is 12.8 Å². The van der Waals surface area contributed by atoms with E-state index in [4.69, 9.17) is 9.47 Å². The summed E-state index contributed by atoms with van der Waals surface area (Å²) in [7, 11) is 0. The van der Waals surface area contributed by atoms with Gasteiger partial charge in [-0.25, -0.2) is 0 Å². The van der Waals surface area contributed by atoms with Crippen LogP contribution in [0.2, 0.25) is 0 Å². The number of morpholine rings is 1. The first kappa shape index (κ1) is 12.3. The molecule has 2 saturated heterocycles. The molecule has 0 aromatic heterocycles. The minimum absolute atomic E-state index is 0.190. The highest BCUT2D eigenvalue weighted by atomic mass is 16.5. The van der Waals surface area contributed by atoms with E-state index in [0.29, 0.717) is 25.4 Å². The van der Waals surface area contributed by atoms with Crippen molar-refractivity contribution >= 4 is 0 Å². The Morgan fingerprint density at radius 1 is 1.31 bits per heavy atom. The summed E-state index contributed by atoms with van der Waals surface area (Å²) in [6.45, 7) is 7.06. The smallest absolute Gasteiger partial charge is 0.0900 e. The third kappa shape index (κ3) is 3.42. The van der Waals surface area contributed by atoms with Gasteiger partial charge in [-0.15, -0.1) is 0 Å². The fourth-order valence-corrected chi connectivity index (χ4v) is 2.50. The molecule has 0 aromatic carbocycles. The van der Waals surface area contributed by atoms with Crippen LogP contribution in [0.15, 0.2) is 0 Å². The monoisotopic (exact) mass is 229 g/mol. The second kappa shape index (κ2) is 5.45. The lowest BCUT2D eigenvalue weighted by atomic mass is 10.2. The van der Waals surface area contributed by atoms with Gasteiger partial charge < -0.3 is 14.6 Å². The van der Waals surface area contributed by atoms with Gasteiger partial charge in [0.2, 0.25) is 0 Å². The second-order valence-corrected chi connectivity index (χ2v) is 5.21. The van der Waals surface area contributed by atoms with Gasteiger partial charge >= 0.3 is 0 Å². The lowest BCUT2D eigenvalue weighted by molar-refractivity contribution is -0.0627. The SMILES string of the molecule is CC(C)OCC(O)CN1CC2CCC(C1)O2. The van der Waals surface area contributed by atoms with E-state index >= 15 is 0 Å². The third-order valence-corrected chi connectivity index (χ3v) is 3.21. The van der Waals surface area contributed by atoms with Crippen LogP contribution in [0.1, 0.15) is 26.7 Å². The van der Waals surface area contributed by atoms with Gasteiger partial charge in [0.05, 0.1) is 31.0 Å². The summed E-state index contributed by atoms with van der Waals surface area (Å²) in [6.07, 6.45) is 2.98. The highest BCUT2D eigenvalue weighted by molar-refractivity contribution is 4.85. The van der Waals surface area contributed by atoms with Crippen molar-refractivity contribution in [3.63, 3.8) is 0 Å². The van der Waals surface area contributed by atoms with Crippen molar-refractivity contribution in [1.82, 2.24) is 4.90 Å². The molecule has 2 bridgehead atoms. The zero-order chi connectivity index (χ0) is 11.5. The van der Waals surface area contributed by atoms with Crippen molar-refractivity contribution in [1.29, 1.82) is 0 Å². The Kier molecular flexibility index (Phi) is 4.19. The molecule has 2 aliphatic rings. The Bertz CT molecular complexity index is 210. The fourth-order valence-electron chi connectivity index (χ4n) is 2.50. The van der Waals surface area contributed by atoms with Crippen molar-refractivity contribution in [2.75, 3.05) is 26.2 Å². The third-order valence-electron chi connectivity index (χ3n) is 3.21. The molecule has 0 amide bonds. The van der Waals surface area contributed by atoms with Crippen LogP contribution in [0, 0.1) is 0 Å². The van der Waals surface area contributed by atoms with Crippen LogP contribution < -0.4 is 0 Å². The van der Waals surface area contributed by atoms with Gasteiger partial charge in [-0.3, -0.25) is 4.90 Å². The average Bonchev–Trinajstić information content (AvgIpc) is 2.55. The van der Waals surface area contributed by atoms with Gasteiger partial charge in [0.1, 0.15) is 0 Å². The van der Waals surface area contributed by atoms with Crippen molar-refractivity contribution in [2.45, 2.75) is 51.1 Å². The van der Waals surface area contributed by atoms with Crippen LogP contribution in [0.5, 0.6) is 0 Å². The Labute approximate surface area is 97.5 Å². The van der Waals surface area contributed by atoms with Crippen LogP contribution in [0.3, 0.4) is 0 Å². The number of aliphatic hydroxyl groups excluding tert-OH is 1. The highest BCUT2D eigenvalue weighted by Crippen LogP contribution is 2.26. The minimum Gasteiger partial charge on any atom is -0.389 e. The molecule has 2 heterocycles. The number of hydrogen-bond acceptors (Lipinski definition) is 4. The molecule has 1 N–H and O–H groups in total. The highest BCUT2D eigenvalue weighted by Gasteiger charge is 2.34. The summed E-state index contributed by atoms with van der Waals surface area (Å²) in [5.74, 6) is 0. The maximum absolute atomic E-state index is 9.84. The van der Waals surface area contributed by atoms with Crippen LogP contribution in [-0.4, -0.2) is 60.7 Å². The summed E-state index contributed by atoms with van der Waals surface area (Å²) in [6, 6.07) is 0. The lowest BCUT2D eigenvalue weighted by Crippen LogP contribution is -2.46. The molecule has 0 aromatic rings. The first-order valence-electron chi connectivity index (χ1n) is 6.31. The number of hydrogen-bond donors (Lipinski definition) is 1. The summed E-state index contributed by atoms with van der Waals surface area (Å²) in [4.78, 5) is 2.31. The Hall–Kier alpha value is -0.160. The molecule has 0 radical (unpaired) electrons. The zero-order valence-corrected chi connectivity index (χ0v) is 10.3. The number of rotatable bonds is 5. The summed E-state index contributed by atoms with van der Waals surface area (Å²) < 4.78 is 11.2. The van der Waals surface area contributed by atoms with Crippen LogP contribution in [-0.2, 0) is 9.47 Å². The maximum Gasteiger partial charge on any atom is 0.0900 e. The van der Waals surface area contributed by atoms with E-state index in [1.807, 2.05) is 13.8 Å². The number of likely N-dealkylation sites (tertiary alicyclic amines) is 1. The van der Waals surface area contributed by atoms with Gasteiger partial charge in [0.15, 0.2) is 0 Å². The number of fused-ring (bicyclic) bond motifs is 2. The molecule has 3 unspecified atom stereocenters. The fraction of sp³-hybridized carbons (Fsp3) is 1.00. The Balaban J connectivity index is 1.69. The van der Waals surface area contributed by atoms with Crippen molar-refractivity contribution in [2.24, 2.45) is 0 Å². The summed E-state index contributed by atoms with van der Waals surface area (Å²) >= 11 is 0. The molecule has 16 heavy (non-hydrogen) atoms. The van der Waals surface area contributed by atoms with E-state index in [9.17, 15) is 5.11 Å². The summed E-state index contributed by atoms with van der Waals surface area (Å²) in [5.41, 5.74) is 0. The van der Waals surface area contributed by atoms with Gasteiger partial charge in [0.25, 0.3) is 0 Å². The van der Waals surface area contributed by atoms with Crippen molar-refractivity contribution in [3.8, 4) is 0 Å². The standard InChI is InChI=1S/C12H23NO3/c1-9(2)15-8-10(14)5-13-6-11-3-4-12(7-13)16-11/h9-12,14H,3-8H2,1-2H3. The van der Waals surface area contributed by atoms with E-state index in [2.05, 4.69) is 4.90 Å². The van der Waals surface area contributed by atoms with Gasteiger partial charge in [-0.1, -0.05) is 0 Å². The molecule has 94 valence electrons. The molecular weight excluding hydrogens is 206 g/mol. The molecule has 2 fully saturated rings.